The lowest BCUT2D eigenvalue weighted by Gasteiger charge is -2.35. The minimum absolute atomic E-state index is 0.0230. The summed E-state index contributed by atoms with van der Waals surface area (Å²) >= 11 is 0. The number of nitrogens with zero attached hydrogens (tertiary/aromatic N) is 6. The van der Waals surface area contributed by atoms with E-state index >= 15 is 0 Å². The summed E-state index contributed by atoms with van der Waals surface area (Å²) in [7, 11) is 0. The molecule has 0 aliphatic carbocycles. The summed E-state index contributed by atoms with van der Waals surface area (Å²) < 4.78 is 1.80. The number of pyridine rings is 1. The van der Waals surface area contributed by atoms with E-state index in [2.05, 4.69) is 25.9 Å². The smallest absolute Gasteiger partial charge is 0.274 e. The Morgan fingerprint density at radius 3 is 2.85 bits per heavy atom. The van der Waals surface area contributed by atoms with Gasteiger partial charge in [-0.3, -0.25) is 19.1 Å². The number of rotatable bonds is 3. The minimum Gasteiger partial charge on any atom is -0.333 e. The molecule has 2 unspecified atom stereocenters. The Labute approximate surface area is 157 Å². The number of carbonyl (C=O) groups excluding carboxylic acids is 1. The molecule has 6 rings (SSSR count). The Morgan fingerprint density at radius 1 is 1.07 bits per heavy atom. The predicted octanol–water partition coefficient (Wildman–Crippen LogP) is 1.86. The molecule has 1 amide bonds. The lowest BCUT2D eigenvalue weighted by Crippen LogP contribution is -2.47. The van der Waals surface area contributed by atoms with Crippen molar-refractivity contribution in [3.8, 4) is 0 Å². The monoisotopic (exact) mass is 362 g/mol. The molecule has 2 bridgehead atoms. The van der Waals surface area contributed by atoms with Crippen molar-refractivity contribution in [1.29, 1.82) is 0 Å². The van der Waals surface area contributed by atoms with E-state index in [1.54, 1.807) is 16.8 Å². The fraction of sp³-hybridized carbons (Fsp3) is 0.400. The van der Waals surface area contributed by atoms with Gasteiger partial charge < -0.3 is 4.90 Å². The van der Waals surface area contributed by atoms with Crippen LogP contribution in [0.15, 0.2) is 49.1 Å². The minimum atomic E-state index is 0.0230. The topological polar surface area (TPSA) is 66.6 Å². The number of fused-ring (bicyclic) bond motifs is 5. The number of hydrogen-bond donors (Lipinski definition) is 0. The third-order valence-electron chi connectivity index (χ3n) is 5.62. The van der Waals surface area contributed by atoms with Crippen molar-refractivity contribution in [2.75, 3.05) is 19.6 Å². The van der Waals surface area contributed by atoms with Crippen LogP contribution in [-0.2, 0) is 6.54 Å². The van der Waals surface area contributed by atoms with Crippen LogP contribution < -0.4 is 0 Å². The van der Waals surface area contributed by atoms with Gasteiger partial charge >= 0.3 is 0 Å². The highest BCUT2D eigenvalue weighted by Gasteiger charge is 2.38. The molecular formula is C20H22N6O. The van der Waals surface area contributed by atoms with E-state index in [0.717, 1.165) is 38.3 Å². The second kappa shape index (κ2) is 6.74. The van der Waals surface area contributed by atoms with Crippen molar-refractivity contribution in [2.45, 2.75) is 25.4 Å². The van der Waals surface area contributed by atoms with E-state index in [1.165, 1.54) is 6.42 Å². The van der Waals surface area contributed by atoms with Crippen LogP contribution in [-0.4, -0.2) is 60.7 Å². The van der Waals surface area contributed by atoms with Crippen molar-refractivity contribution in [2.24, 2.45) is 5.92 Å². The standard InChI is InChI=1S/C20H22N6O/c27-19(18-14-25-9-3-8-22-20(25)23-18)26-11-15-5-6-17(26)13-24(10-15)12-16-4-1-2-7-21-16/h1-4,7-9,14-15,17H,5-6,10-13H2. The van der Waals surface area contributed by atoms with Gasteiger partial charge in [0.1, 0.15) is 5.69 Å². The van der Waals surface area contributed by atoms with Gasteiger partial charge in [0, 0.05) is 57.0 Å². The molecule has 0 N–H and O–H groups in total. The van der Waals surface area contributed by atoms with Crippen LogP contribution in [0.3, 0.4) is 0 Å². The zero-order chi connectivity index (χ0) is 18.2. The molecular weight excluding hydrogens is 340 g/mol. The van der Waals surface area contributed by atoms with Crippen LogP contribution >= 0.6 is 0 Å². The first-order valence-corrected chi connectivity index (χ1v) is 9.49. The molecule has 0 aromatic carbocycles. The van der Waals surface area contributed by atoms with Crippen LogP contribution in [0, 0.1) is 5.92 Å². The van der Waals surface area contributed by atoms with E-state index in [1.807, 2.05) is 35.5 Å². The van der Waals surface area contributed by atoms with Gasteiger partial charge in [0.25, 0.3) is 5.91 Å². The van der Waals surface area contributed by atoms with Gasteiger partial charge in [0.15, 0.2) is 0 Å². The SMILES string of the molecule is O=C(c1cn2cccnc2n1)N1CC2CCC1CN(Cc1ccccn1)C2. The van der Waals surface area contributed by atoms with Crippen molar-refractivity contribution in [1.82, 2.24) is 29.2 Å². The second-order valence-corrected chi connectivity index (χ2v) is 7.52. The quantitative estimate of drug-likeness (QED) is 0.711. The maximum atomic E-state index is 13.2. The maximum absolute atomic E-state index is 13.2. The molecule has 138 valence electrons. The Hall–Kier alpha value is -2.80. The van der Waals surface area contributed by atoms with Crippen LogP contribution in [0.5, 0.6) is 0 Å². The number of amides is 1. The molecule has 7 heteroatoms. The molecule has 6 heterocycles. The van der Waals surface area contributed by atoms with E-state index in [9.17, 15) is 4.79 Å². The zero-order valence-electron chi connectivity index (χ0n) is 15.1. The van der Waals surface area contributed by atoms with Gasteiger partial charge in [0.2, 0.25) is 5.78 Å². The Bertz CT molecular complexity index is 922. The summed E-state index contributed by atoms with van der Waals surface area (Å²) in [6, 6.07) is 8.12. The summed E-state index contributed by atoms with van der Waals surface area (Å²) in [5.41, 5.74) is 1.57. The maximum Gasteiger partial charge on any atom is 0.274 e. The number of aromatic nitrogens is 4. The lowest BCUT2D eigenvalue weighted by atomic mass is 9.95. The predicted molar refractivity (Wildman–Crippen MR) is 100 cm³/mol. The zero-order valence-corrected chi connectivity index (χ0v) is 15.1. The fourth-order valence-electron chi connectivity index (χ4n) is 4.36. The van der Waals surface area contributed by atoms with Crippen LogP contribution in [0.4, 0.5) is 0 Å². The number of carbonyl (C=O) groups is 1. The molecule has 3 aromatic rings. The van der Waals surface area contributed by atoms with E-state index in [4.69, 9.17) is 0 Å². The molecule has 3 aliphatic rings. The average Bonchev–Trinajstić information content (AvgIpc) is 2.95. The van der Waals surface area contributed by atoms with Gasteiger partial charge in [0.05, 0.1) is 5.69 Å². The summed E-state index contributed by atoms with van der Waals surface area (Å²) in [5.74, 6) is 1.10. The first-order chi connectivity index (χ1) is 13.3. The summed E-state index contributed by atoms with van der Waals surface area (Å²) in [5, 5.41) is 0. The molecule has 3 saturated heterocycles. The van der Waals surface area contributed by atoms with Gasteiger partial charge in [-0.25, -0.2) is 9.97 Å². The van der Waals surface area contributed by atoms with Crippen molar-refractivity contribution < 1.29 is 4.79 Å². The van der Waals surface area contributed by atoms with Crippen molar-refractivity contribution >= 4 is 11.7 Å². The molecule has 27 heavy (non-hydrogen) atoms. The van der Waals surface area contributed by atoms with Crippen LogP contribution in [0.2, 0.25) is 0 Å². The van der Waals surface area contributed by atoms with E-state index < -0.39 is 0 Å². The first-order valence-electron chi connectivity index (χ1n) is 9.49. The third-order valence-corrected chi connectivity index (χ3v) is 5.62. The van der Waals surface area contributed by atoms with Gasteiger partial charge in [-0.1, -0.05) is 6.07 Å². The number of imidazole rings is 1. The molecule has 3 fully saturated rings. The second-order valence-electron chi connectivity index (χ2n) is 7.52. The molecule has 2 atom stereocenters. The number of hydrogen-bond acceptors (Lipinski definition) is 5. The Kier molecular flexibility index (Phi) is 4.09. The normalized spacial score (nSPS) is 22.9. The van der Waals surface area contributed by atoms with Crippen molar-refractivity contribution in [3.05, 3.63) is 60.4 Å². The van der Waals surface area contributed by atoms with Gasteiger partial charge in [-0.2, -0.15) is 0 Å². The van der Waals surface area contributed by atoms with Gasteiger partial charge in [-0.15, -0.1) is 0 Å². The van der Waals surface area contributed by atoms with E-state index in [0.29, 0.717) is 17.4 Å². The molecule has 7 nitrogen and oxygen atoms in total. The largest absolute Gasteiger partial charge is 0.333 e. The molecule has 3 aromatic heterocycles. The summed E-state index contributed by atoms with van der Waals surface area (Å²) in [6.07, 6.45) is 9.43. The number of piperidine rings is 1. The first kappa shape index (κ1) is 16.4. The van der Waals surface area contributed by atoms with Crippen LogP contribution in [0.25, 0.3) is 5.78 Å². The molecule has 0 saturated carbocycles. The Balaban J connectivity index is 1.36. The fourth-order valence-corrected chi connectivity index (χ4v) is 4.36. The molecule has 0 radical (unpaired) electrons. The van der Waals surface area contributed by atoms with E-state index in [-0.39, 0.29) is 11.9 Å². The van der Waals surface area contributed by atoms with Gasteiger partial charge in [-0.05, 0) is 37.0 Å². The molecule has 3 aliphatic heterocycles. The highest BCUT2D eigenvalue weighted by atomic mass is 16.2. The lowest BCUT2D eigenvalue weighted by molar-refractivity contribution is 0.0579. The Morgan fingerprint density at radius 2 is 2.00 bits per heavy atom. The highest BCUT2D eigenvalue weighted by molar-refractivity contribution is 5.93. The average molecular weight is 362 g/mol. The molecule has 0 spiro atoms. The summed E-state index contributed by atoms with van der Waals surface area (Å²) in [4.78, 5) is 30.8. The third kappa shape index (κ3) is 3.19. The van der Waals surface area contributed by atoms with Crippen LogP contribution in [0.1, 0.15) is 29.0 Å². The summed E-state index contributed by atoms with van der Waals surface area (Å²) in [6.45, 7) is 3.56. The van der Waals surface area contributed by atoms with Crippen molar-refractivity contribution in [3.63, 3.8) is 0 Å². The highest BCUT2D eigenvalue weighted by Crippen LogP contribution is 2.29.